The van der Waals surface area contributed by atoms with Gasteiger partial charge in [0.05, 0.1) is 34.6 Å². The maximum Gasteiger partial charge on any atom is 0.173 e. The second-order valence-corrected chi connectivity index (χ2v) is 9.67. The molecule has 3 aromatic rings. The number of ether oxygens (including phenoxy) is 1. The van der Waals surface area contributed by atoms with E-state index in [2.05, 4.69) is 29.3 Å². The number of anilines is 1. The zero-order valence-corrected chi connectivity index (χ0v) is 23.2. The van der Waals surface area contributed by atoms with Crippen LogP contribution >= 0.6 is 36.4 Å². The van der Waals surface area contributed by atoms with E-state index in [0.29, 0.717) is 39.5 Å². The molecule has 1 saturated carbocycles. The molecule has 0 radical (unpaired) electrons. The Morgan fingerprint density at radius 1 is 1.19 bits per heavy atom. The minimum atomic E-state index is -0.560. The van der Waals surface area contributed by atoms with Gasteiger partial charge in [-0.25, -0.2) is 9.37 Å². The van der Waals surface area contributed by atoms with Crippen LogP contribution in [-0.2, 0) is 0 Å². The number of aromatic nitrogens is 2. The molecule has 2 aromatic heterocycles. The lowest BCUT2D eigenvalue weighted by Gasteiger charge is -2.31. The predicted octanol–water partition coefficient (Wildman–Crippen LogP) is 6.68. The first kappa shape index (κ1) is 30.0. The van der Waals surface area contributed by atoms with Crippen LogP contribution in [0.15, 0.2) is 30.5 Å². The van der Waals surface area contributed by atoms with Crippen LogP contribution in [-0.4, -0.2) is 54.4 Å². The minimum absolute atomic E-state index is 0. The molecular weight excluding hydrogens is 526 g/mol. The number of pyridine rings is 2. The summed E-state index contributed by atoms with van der Waals surface area (Å²) in [5.74, 6) is 0.0483. The van der Waals surface area contributed by atoms with Crippen molar-refractivity contribution in [3.8, 4) is 17.0 Å². The van der Waals surface area contributed by atoms with Gasteiger partial charge >= 0.3 is 0 Å². The zero-order valence-electron chi connectivity index (χ0n) is 20.8. The average Bonchev–Trinajstić information content (AvgIpc) is 2.79. The topological polar surface area (TPSA) is 67.3 Å². The predicted molar refractivity (Wildman–Crippen MR) is 149 cm³/mol. The highest BCUT2D eigenvalue weighted by molar-refractivity contribution is 6.32. The van der Waals surface area contributed by atoms with Gasteiger partial charge in [0.25, 0.3) is 0 Å². The van der Waals surface area contributed by atoms with Crippen LogP contribution < -0.4 is 10.1 Å². The number of halogens is 4. The normalized spacial score (nSPS) is 17.3. The van der Waals surface area contributed by atoms with E-state index >= 15 is 0 Å². The first-order chi connectivity index (χ1) is 16.3. The summed E-state index contributed by atoms with van der Waals surface area (Å²) in [6.07, 6.45) is 5.93. The maximum atomic E-state index is 14.5. The molecule has 0 amide bonds. The summed E-state index contributed by atoms with van der Waals surface area (Å²) in [6.45, 7) is 2.62. The molecule has 0 aliphatic heterocycles. The van der Waals surface area contributed by atoms with Gasteiger partial charge in [0.1, 0.15) is 5.52 Å². The number of rotatable bonds is 7. The van der Waals surface area contributed by atoms with Gasteiger partial charge in [-0.05, 0) is 76.9 Å². The van der Waals surface area contributed by atoms with Gasteiger partial charge in [-0.15, -0.1) is 24.8 Å². The number of fused-ring (bicyclic) bond motifs is 1. The van der Waals surface area contributed by atoms with Crippen molar-refractivity contribution < 1.29 is 13.9 Å². The van der Waals surface area contributed by atoms with Crippen LogP contribution in [0.5, 0.6) is 5.75 Å². The van der Waals surface area contributed by atoms with Crippen molar-refractivity contribution in [1.29, 1.82) is 0 Å². The summed E-state index contributed by atoms with van der Waals surface area (Å²) < 4.78 is 19.5. The Morgan fingerprint density at radius 3 is 2.47 bits per heavy atom. The first-order valence-corrected chi connectivity index (χ1v) is 11.9. The average molecular weight is 558 g/mol. The third-order valence-corrected chi connectivity index (χ3v) is 6.69. The number of carbonyl (C=O) groups is 1. The van der Waals surface area contributed by atoms with Gasteiger partial charge in [0.15, 0.2) is 17.3 Å². The Hall–Kier alpha value is -2.19. The molecule has 0 unspecified atom stereocenters. The number of nitrogens with zero attached hydrogens (tertiary/aromatic N) is 3. The lowest BCUT2D eigenvalue weighted by atomic mass is 9.85. The van der Waals surface area contributed by atoms with E-state index < -0.39 is 5.82 Å². The molecule has 1 aromatic carbocycles. The van der Waals surface area contributed by atoms with Crippen molar-refractivity contribution in [1.82, 2.24) is 14.9 Å². The molecule has 1 N–H and O–H groups in total. The lowest BCUT2D eigenvalue weighted by Crippen LogP contribution is -2.31. The monoisotopic (exact) mass is 556 g/mol. The Kier molecular flexibility index (Phi) is 10.7. The van der Waals surface area contributed by atoms with E-state index in [1.54, 1.807) is 18.3 Å². The SMILES string of the molecule is COc1c(F)cc(-c2ccc3ncc(C(C)=O)c(N[C@H]4CC[C@H](CN(C)C)CC4)c3n2)cc1Cl.Cl.Cl. The Bertz CT molecular complexity index is 1190. The van der Waals surface area contributed by atoms with Crippen LogP contribution in [0.4, 0.5) is 10.1 Å². The Labute approximate surface area is 228 Å². The van der Waals surface area contributed by atoms with E-state index in [-0.39, 0.29) is 47.4 Å². The molecule has 6 nitrogen and oxygen atoms in total. The highest BCUT2D eigenvalue weighted by atomic mass is 35.5. The van der Waals surface area contributed by atoms with Crippen molar-refractivity contribution in [3.63, 3.8) is 0 Å². The largest absolute Gasteiger partial charge is 0.492 e. The van der Waals surface area contributed by atoms with Crippen molar-refractivity contribution in [3.05, 3.63) is 46.9 Å². The summed E-state index contributed by atoms with van der Waals surface area (Å²) in [5, 5.41) is 3.78. The third-order valence-electron chi connectivity index (χ3n) is 6.41. The molecular formula is C26H32Cl3FN4O2. The molecule has 2 heterocycles. The molecule has 0 bridgehead atoms. The van der Waals surface area contributed by atoms with Crippen molar-refractivity contribution in [2.45, 2.75) is 38.6 Å². The fraction of sp³-hybridized carbons (Fsp3) is 0.423. The molecule has 1 aliphatic carbocycles. The quantitative estimate of drug-likeness (QED) is 0.327. The Balaban J connectivity index is 0.00000228. The van der Waals surface area contributed by atoms with E-state index in [1.165, 1.54) is 20.1 Å². The molecule has 0 spiro atoms. The molecule has 0 atom stereocenters. The van der Waals surface area contributed by atoms with Crippen molar-refractivity contribution >= 4 is 58.9 Å². The van der Waals surface area contributed by atoms with Crippen LogP contribution in [0, 0.1) is 11.7 Å². The number of carbonyl (C=O) groups excluding carboxylic acids is 1. The second kappa shape index (κ2) is 12.9. The van der Waals surface area contributed by atoms with Gasteiger partial charge in [0, 0.05) is 24.3 Å². The molecule has 0 saturated heterocycles. The highest BCUT2D eigenvalue weighted by Gasteiger charge is 2.24. The van der Waals surface area contributed by atoms with Crippen LogP contribution in [0.2, 0.25) is 5.02 Å². The summed E-state index contributed by atoms with van der Waals surface area (Å²) in [4.78, 5) is 23.9. The number of benzene rings is 1. The first-order valence-electron chi connectivity index (χ1n) is 11.5. The van der Waals surface area contributed by atoms with Gasteiger partial charge in [-0.3, -0.25) is 9.78 Å². The number of nitrogens with one attached hydrogen (secondary N) is 1. The number of methoxy groups -OCH3 is 1. The fourth-order valence-corrected chi connectivity index (χ4v) is 5.04. The molecule has 4 rings (SSSR count). The third kappa shape index (κ3) is 6.57. The smallest absolute Gasteiger partial charge is 0.173 e. The maximum absolute atomic E-state index is 14.5. The van der Waals surface area contributed by atoms with Crippen molar-refractivity contribution in [2.24, 2.45) is 5.92 Å². The van der Waals surface area contributed by atoms with Crippen molar-refractivity contribution in [2.75, 3.05) is 33.1 Å². The molecule has 1 aliphatic rings. The molecule has 1 fully saturated rings. The number of Topliss-reactive ketones (excluding diaryl/α,β-unsaturated/α-hetero) is 1. The second-order valence-electron chi connectivity index (χ2n) is 9.26. The van der Waals surface area contributed by atoms with Gasteiger partial charge in [0.2, 0.25) is 0 Å². The van der Waals surface area contributed by atoms with Gasteiger partial charge in [-0.2, -0.15) is 0 Å². The van der Waals surface area contributed by atoms with Gasteiger partial charge < -0.3 is 15.0 Å². The summed E-state index contributed by atoms with van der Waals surface area (Å²) in [6, 6.07) is 6.83. The van der Waals surface area contributed by atoms with E-state index in [0.717, 1.165) is 32.2 Å². The lowest BCUT2D eigenvalue weighted by molar-refractivity contribution is 0.101. The van der Waals surface area contributed by atoms with Crippen LogP contribution in [0.1, 0.15) is 43.0 Å². The summed E-state index contributed by atoms with van der Waals surface area (Å²) >= 11 is 6.21. The number of ketones is 1. The van der Waals surface area contributed by atoms with E-state index in [1.807, 2.05) is 6.07 Å². The van der Waals surface area contributed by atoms with Gasteiger partial charge in [-0.1, -0.05) is 11.6 Å². The summed E-state index contributed by atoms with van der Waals surface area (Å²) in [7, 11) is 5.59. The van der Waals surface area contributed by atoms with Crippen LogP contribution in [0.25, 0.3) is 22.3 Å². The fourth-order valence-electron chi connectivity index (χ4n) is 4.75. The number of hydrogen-bond donors (Lipinski definition) is 1. The molecule has 10 heteroatoms. The molecule has 36 heavy (non-hydrogen) atoms. The van der Waals surface area contributed by atoms with Crippen LogP contribution in [0.3, 0.4) is 0 Å². The number of hydrogen-bond acceptors (Lipinski definition) is 6. The summed E-state index contributed by atoms with van der Waals surface area (Å²) in [5.41, 5.74) is 3.51. The molecule has 196 valence electrons. The van der Waals surface area contributed by atoms with E-state index in [4.69, 9.17) is 21.3 Å². The minimum Gasteiger partial charge on any atom is -0.492 e. The zero-order chi connectivity index (χ0) is 24.4. The highest BCUT2D eigenvalue weighted by Crippen LogP contribution is 2.35. The van der Waals surface area contributed by atoms with E-state index in [9.17, 15) is 9.18 Å². The Morgan fingerprint density at radius 2 is 1.89 bits per heavy atom. The standard InChI is InChI=1S/C26H30ClFN4O2.2ClH/c1-15(33)19-13-29-23-10-9-22(17-11-20(27)26(34-4)21(28)12-17)31-25(23)24(19)30-18-7-5-16(6-8-18)14-32(2)3;;/h9-13,16,18H,5-8,14H2,1-4H3,(H,29,30);2*1H/t16-,18-;;.